The summed E-state index contributed by atoms with van der Waals surface area (Å²) in [6, 6.07) is 3.45. The van der Waals surface area contributed by atoms with Crippen molar-refractivity contribution in [3.8, 4) is 0 Å². The summed E-state index contributed by atoms with van der Waals surface area (Å²) in [7, 11) is 1.38. The molecule has 0 atom stereocenters. The van der Waals surface area contributed by atoms with Crippen molar-refractivity contribution in [1.82, 2.24) is 4.98 Å². The molecule has 1 aromatic rings. The molecule has 0 spiro atoms. The molecule has 0 radical (unpaired) electrons. The van der Waals surface area contributed by atoms with Crippen molar-refractivity contribution >= 4 is 17.7 Å². The standard InChI is InChI=1S/C12H15NO3S/c1-15-12(14)9-2-5-13-11(8-9)17-10-3-6-16-7-4-10/h2,5,8,10H,3-4,6-7H2,1H3. The first-order chi connectivity index (χ1) is 8.29. The molecule has 0 aliphatic carbocycles. The summed E-state index contributed by atoms with van der Waals surface area (Å²) in [5.74, 6) is -0.318. The van der Waals surface area contributed by atoms with Crippen molar-refractivity contribution in [3.63, 3.8) is 0 Å². The van der Waals surface area contributed by atoms with Crippen molar-refractivity contribution in [3.05, 3.63) is 23.9 Å². The number of hydrogen-bond acceptors (Lipinski definition) is 5. The zero-order chi connectivity index (χ0) is 12.1. The SMILES string of the molecule is COC(=O)c1ccnc(SC2CCOCC2)c1. The Balaban J connectivity index is 2.02. The molecule has 5 heteroatoms. The van der Waals surface area contributed by atoms with Gasteiger partial charge in [-0.2, -0.15) is 0 Å². The molecule has 0 amide bonds. The van der Waals surface area contributed by atoms with Crippen LogP contribution in [0.15, 0.2) is 23.4 Å². The molecule has 92 valence electrons. The average molecular weight is 253 g/mol. The van der Waals surface area contributed by atoms with Gasteiger partial charge in [0.05, 0.1) is 17.7 Å². The van der Waals surface area contributed by atoms with Crippen LogP contribution in [0.1, 0.15) is 23.2 Å². The molecule has 0 bridgehead atoms. The molecule has 4 nitrogen and oxygen atoms in total. The highest BCUT2D eigenvalue weighted by molar-refractivity contribution is 7.99. The zero-order valence-electron chi connectivity index (χ0n) is 9.72. The van der Waals surface area contributed by atoms with Gasteiger partial charge in [0.1, 0.15) is 0 Å². The van der Waals surface area contributed by atoms with E-state index in [2.05, 4.69) is 9.72 Å². The van der Waals surface area contributed by atoms with Crippen molar-refractivity contribution in [1.29, 1.82) is 0 Å². The number of rotatable bonds is 3. The average Bonchev–Trinajstić information content (AvgIpc) is 2.39. The maximum absolute atomic E-state index is 11.4. The molecule has 1 fully saturated rings. The first-order valence-electron chi connectivity index (χ1n) is 5.58. The van der Waals surface area contributed by atoms with E-state index in [1.807, 2.05) is 0 Å². The van der Waals surface area contributed by atoms with E-state index < -0.39 is 0 Å². The van der Waals surface area contributed by atoms with Gasteiger partial charge >= 0.3 is 5.97 Å². The Kier molecular flexibility index (Phi) is 4.39. The predicted octanol–water partition coefficient (Wildman–Crippen LogP) is 2.14. The lowest BCUT2D eigenvalue weighted by atomic mass is 10.2. The molecular weight excluding hydrogens is 238 g/mol. The number of nitrogens with zero attached hydrogens (tertiary/aromatic N) is 1. The number of carbonyl (C=O) groups excluding carboxylic acids is 1. The Morgan fingerprint density at radius 3 is 3.00 bits per heavy atom. The number of carbonyl (C=O) groups is 1. The lowest BCUT2D eigenvalue weighted by Gasteiger charge is -2.20. The number of hydrogen-bond donors (Lipinski definition) is 0. The lowest BCUT2D eigenvalue weighted by molar-refractivity contribution is 0.0600. The Morgan fingerprint density at radius 2 is 2.29 bits per heavy atom. The van der Waals surface area contributed by atoms with E-state index in [0.717, 1.165) is 31.1 Å². The summed E-state index contributed by atoms with van der Waals surface area (Å²) in [5.41, 5.74) is 0.553. The van der Waals surface area contributed by atoms with Gasteiger partial charge < -0.3 is 9.47 Å². The highest BCUT2D eigenvalue weighted by atomic mass is 32.2. The Labute approximate surface area is 105 Å². The molecule has 2 rings (SSSR count). The first-order valence-corrected chi connectivity index (χ1v) is 6.46. The summed E-state index contributed by atoms with van der Waals surface area (Å²) in [6.45, 7) is 1.63. The first kappa shape index (κ1) is 12.4. The van der Waals surface area contributed by atoms with Gasteiger partial charge in [-0.25, -0.2) is 9.78 Å². The number of pyridine rings is 1. The molecule has 0 aromatic carbocycles. The van der Waals surface area contributed by atoms with E-state index in [1.54, 1.807) is 30.1 Å². The summed E-state index contributed by atoms with van der Waals surface area (Å²) in [6.07, 6.45) is 3.72. The number of thioether (sulfide) groups is 1. The van der Waals surface area contributed by atoms with Gasteiger partial charge in [0, 0.05) is 24.7 Å². The van der Waals surface area contributed by atoms with E-state index >= 15 is 0 Å². The van der Waals surface area contributed by atoms with E-state index in [0.29, 0.717) is 10.8 Å². The quantitative estimate of drug-likeness (QED) is 0.772. The van der Waals surface area contributed by atoms with Gasteiger partial charge in [-0.15, -0.1) is 11.8 Å². The van der Waals surface area contributed by atoms with Crippen molar-refractivity contribution in [2.75, 3.05) is 20.3 Å². The molecule has 0 saturated carbocycles. The minimum absolute atomic E-state index is 0.318. The second-order valence-electron chi connectivity index (χ2n) is 3.80. The Bertz CT molecular complexity index is 391. The fourth-order valence-electron chi connectivity index (χ4n) is 1.68. The van der Waals surface area contributed by atoms with E-state index in [4.69, 9.17) is 4.74 Å². The number of methoxy groups -OCH3 is 1. The molecule has 0 unspecified atom stereocenters. The van der Waals surface area contributed by atoms with Crippen LogP contribution < -0.4 is 0 Å². The monoisotopic (exact) mass is 253 g/mol. The fourth-order valence-corrected chi connectivity index (χ4v) is 2.77. The van der Waals surface area contributed by atoms with Gasteiger partial charge in [0.15, 0.2) is 0 Å². The molecule has 1 aromatic heterocycles. The van der Waals surface area contributed by atoms with Gasteiger partial charge in [0.2, 0.25) is 0 Å². The normalized spacial score (nSPS) is 16.8. The molecule has 17 heavy (non-hydrogen) atoms. The maximum atomic E-state index is 11.4. The van der Waals surface area contributed by atoms with Gasteiger partial charge in [0.25, 0.3) is 0 Å². The van der Waals surface area contributed by atoms with Gasteiger partial charge in [-0.1, -0.05) is 0 Å². The van der Waals surface area contributed by atoms with Crippen LogP contribution >= 0.6 is 11.8 Å². The van der Waals surface area contributed by atoms with Crippen LogP contribution in [0.2, 0.25) is 0 Å². The third kappa shape index (κ3) is 3.44. The Morgan fingerprint density at radius 1 is 1.53 bits per heavy atom. The lowest BCUT2D eigenvalue weighted by Crippen LogP contribution is -2.17. The van der Waals surface area contributed by atoms with Crippen LogP contribution in [0.25, 0.3) is 0 Å². The van der Waals surface area contributed by atoms with Crippen LogP contribution in [0.3, 0.4) is 0 Å². The van der Waals surface area contributed by atoms with Crippen LogP contribution in [0, 0.1) is 0 Å². The predicted molar refractivity (Wildman–Crippen MR) is 65.3 cm³/mol. The highest BCUT2D eigenvalue weighted by Crippen LogP contribution is 2.28. The second-order valence-corrected chi connectivity index (χ2v) is 5.12. The fraction of sp³-hybridized carbons (Fsp3) is 0.500. The summed E-state index contributed by atoms with van der Waals surface area (Å²) < 4.78 is 9.99. The topological polar surface area (TPSA) is 48.4 Å². The van der Waals surface area contributed by atoms with E-state index in [9.17, 15) is 4.79 Å². The highest BCUT2D eigenvalue weighted by Gasteiger charge is 2.16. The third-order valence-electron chi connectivity index (χ3n) is 2.61. The largest absolute Gasteiger partial charge is 0.465 e. The van der Waals surface area contributed by atoms with E-state index in [-0.39, 0.29) is 5.97 Å². The maximum Gasteiger partial charge on any atom is 0.337 e. The third-order valence-corrected chi connectivity index (χ3v) is 3.88. The van der Waals surface area contributed by atoms with Crippen molar-refractivity contribution in [2.45, 2.75) is 23.1 Å². The van der Waals surface area contributed by atoms with E-state index in [1.165, 1.54) is 7.11 Å². The van der Waals surface area contributed by atoms with Crippen LogP contribution in [0.5, 0.6) is 0 Å². The summed E-state index contributed by atoms with van der Waals surface area (Å²) in [5, 5.41) is 1.41. The molecule has 1 saturated heterocycles. The van der Waals surface area contributed by atoms with Crippen molar-refractivity contribution in [2.24, 2.45) is 0 Å². The smallest absolute Gasteiger partial charge is 0.337 e. The number of aromatic nitrogens is 1. The molecule has 2 heterocycles. The molecule has 1 aliphatic rings. The van der Waals surface area contributed by atoms with Gasteiger partial charge in [-0.05, 0) is 25.0 Å². The number of ether oxygens (including phenoxy) is 2. The summed E-state index contributed by atoms with van der Waals surface area (Å²) >= 11 is 1.71. The molecular formula is C12H15NO3S. The summed E-state index contributed by atoms with van der Waals surface area (Å²) in [4.78, 5) is 15.6. The van der Waals surface area contributed by atoms with Crippen LogP contribution in [-0.4, -0.2) is 36.5 Å². The zero-order valence-corrected chi connectivity index (χ0v) is 10.5. The number of esters is 1. The van der Waals surface area contributed by atoms with Crippen molar-refractivity contribution < 1.29 is 14.3 Å². The minimum Gasteiger partial charge on any atom is -0.465 e. The minimum atomic E-state index is -0.318. The van der Waals surface area contributed by atoms with Crippen LogP contribution in [-0.2, 0) is 9.47 Å². The second kappa shape index (κ2) is 6.02. The Hall–Kier alpha value is -1.07. The molecule has 1 aliphatic heterocycles. The van der Waals surface area contributed by atoms with Gasteiger partial charge in [-0.3, -0.25) is 0 Å². The van der Waals surface area contributed by atoms with Crippen LogP contribution in [0.4, 0.5) is 0 Å². The molecule has 0 N–H and O–H groups in total.